The van der Waals surface area contributed by atoms with Crippen molar-refractivity contribution in [3.8, 4) is 44.8 Å². The highest BCUT2D eigenvalue weighted by atomic mass is 15.0. The molecule has 0 spiro atoms. The molecular formula is C48H22B10N2. The highest BCUT2D eigenvalue weighted by molar-refractivity contribution is 6.71. The van der Waals surface area contributed by atoms with E-state index in [2.05, 4.69) is 54.6 Å². The first-order chi connectivity index (χ1) is 29.0. The molecule has 2 nitrogen and oxygen atoms in total. The third-order valence-corrected chi connectivity index (χ3v) is 11.8. The minimum atomic E-state index is 0.131. The molecule has 12 heteroatoms. The van der Waals surface area contributed by atoms with Crippen molar-refractivity contribution in [1.29, 1.82) is 0 Å². The smallest absolute Gasteiger partial charge is 0.116 e. The molecule has 8 aromatic carbocycles. The number of hydrogen-bond acceptors (Lipinski definition) is 0. The van der Waals surface area contributed by atoms with Crippen LogP contribution in [0.1, 0.15) is 0 Å². The van der Waals surface area contributed by atoms with Crippen LogP contribution in [-0.4, -0.2) is 87.6 Å². The average molecular weight is 735 g/mol. The van der Waals surface area contributed by atoms with Crippen LogP contribution in [0.15, 0.2) is 133 Å². The molecule has 2 heterocycles. The lowest BCUT2D eigenvalue weighted by Gasteiger charge is -2.18. The number of rotatable bonds is 5. The SMILES string of the molecule is [B]c1c([B])c([B])c2c(c1[B])c1c3c4c([B])c([B])c([B])c([B])c4n(-c4cccc(-c5ccc(-c6ccccc6)cc5)c4)c3c([B])c([B])c1n2-c1ccc(-c2ccccc2)cc1. The van der Waals surface area contributed by atoms with Crippen molar-refractivity contribution in [3.05, 3.63) is 133 Å². The topological polar surface area (TPSA) is 9.86 Å². The summed E-state index contributed by atoms with van der Waals surface area (Å²) in [4.78, 5) is 0. The summed E-state index contributed by atoms with van der Waals surface area (Å²) < 4.78 is 3.87. The summed E-state index contributed by atoms with van der Waals surface area (Å²) in [5.41, 5.74) is 11.6. The molecule has 0 atom stereocenters. The lowest BCUT2D eigenvalue weighted by Crippen LogP contribution is -2.48. The van der Waals surface area contributed by atoms with E-state index in [1.807, 2.05) is 88.0 Å². The molecule has 20 radical (unpaired) electrons. The van der Waals surface area contributed by atoms with Crippen molar-refractivity contribution in [2.24, 2.45) is 0 Å². The van der Waals surface area contributed by atoms with Gasteiger partial charge in [-0.25, -0.2) is 0 Å². The molecule has 10 aromatic rings. The molecule has 0 saturated heterocycles. The van der Waals surface area contributed by atoms with Crippen molar-refractivity contribution >= 4 is 177 Å². The maximum Gasteiger partial charge on any atom is 0.116 e. The fraction of sp³-hybridized carbons (Fsp3) is 0. The molecule has 0 fully saturated rings. The molecule has 10 rings (SSSR count). The summed E-state index contributed by atoms with van der Waals surface area (Å²) >= 11 is 0. The van der Waals surface area contributed by atoms with E-state index in [0.29, 0.717) is 43.6 Å². The largest absolute Gasteiger partial charge is 0.310 e. The van der Waals surface area contributed by atoms with Gasteiger partial charge in [0, 0.05) is 55.0 Å². The van der Waals surface area contributed by atoms with Crippen LogP contribution >= 0.6 is 0 Å². The predicted molar refractivity (Wildman–Crippen MR) is 265 cm³/mol. The van der Waals surface area contributed by atoms with E-state index in [9.17, 15) is 0 Å². The number of nitrogens with zero attached hydrogens (tertiary/aromatic N) is 2. The maximum absolute atomic E-state index is 7.27. The van der Waals surface area contributed by atoms with Crippen LogP contribution in [-0.2, 0) is 0 Å². The molecule has 0 aliphatic rings. The van der Waals surface area contributed by atoms with Crippen molar-refractivity contribution in [2.45, 2.75) is 0 Å². The molecule has 0 aliphatic heterocycles. The molecule has 2 aromatic heterocycles. The van der Waals surface area contributed by atoms with Gasteiger partial charge in [0.2, 0.25) is 0 Å². The van der Waals surface area contributed by atoms with Gasteiger partial charge in [-0.15, -0.1) is 21.9 Å². The van der Waals surface area contributed by atoms with Crippen LogP contribution < -0.4 is 54.6 Å². The van der Waals surface area contributed by atoms with Crippen LogP contribution in [0.2, 0.25) is 0 Å². The number of fused-ring (bicyclic) bond motifs is 7. The first kappa shape index (κ1) is 38.2. The molecule has 0 amide bonds. The molecule has 254 valence electrons. The van der Waals surface area contributed by atoms with Crippen molar-refractivity contribution in [2.75, 3.05) is 0 Å². The summed E-state index contributed by atoms with van der Waals surface area (Å²) in [5, 5.41) is 2.19. The van der Waals surface area contributed by atoms with E-state index in [1.165, 1.54) is 0 Å². The standard InChI is InChI=1S/C48H22B10N2/c49-35-33-31-32-34-36(50)38(52)40(54)42(56)48(34)60(30-13-7-12-28(22-30)27-16-14-25(15-17-27)23-8-3-1-4-9-23)46(32)44(58)43(57)45(31)59(47(33)41(55)39(53)37(35)51)29-20-18-26(19-21-29)24-10-5-2-6-11-24/h1-22H. The lowest BCUT2D eigenvalue weighted by molar-refractivity contribution is 1.19. The summed E-state index contributed by atoms with van der Waals surface area (Å²) in [7, 11) is 68.9. The van der Waals surface area contributed by atoms with Crippen molar-refractivity contribution < 1.29 is 0 Å². The van der Waals surface area contributed by atoms with Gasteiger partial charge in [-0.2, -0.15) is 0 Å². The second-order valence-electron chi connectivity index (χ2n) is 15.1. The first-order valence-electron chi connectivity index (χ1n) is 19.3. The first-order valence-corrected chi connectivity index (χ1v) is 19.3. The van der Waals surface area contributed by atoms with E-state index in [0.717, 1.165) is 44.8 Å². The van der Waals surface area contributed by atoms with Gasteiger partial charge in [0.1, 0.15) is 78.5 Å². The number of benzene rings is 8. The quantitative estimate of drug-likeness (QED) is 0.232. The molecular weight excluding hydrogens is 713 g/mol. The van der Waals surface area contributed by atoms with Gasteiger partial charge >= 0.3 is 0 Å². The van der Waals surface area contributed by atoms with Crippen molar-refractivity contribution in [3.63, 3.8) is 0 Å². The molecule has 0 saturated carbocycles. The molecule has 60 heavy (non-hydrogen) atoms. The van der Waals surface area contributed by atoms with Crippen LogP contribution in [0.5, 0.6) is 0 Å². The molecule has 0 bridgehead atoms. The van der Waals surface area contributed by atoms with Crippen LogP contribution in [0.4, 0.5) is 0 Å². The predicted octanol–water partition coefficient (Wildman–Crippen LogP) is 0.820. The zero-order valence-corrected chi connectivity index (χ0v) is 32.4. The van der Waals surface area contributed by atoms with E-state index >= 15 is 0 Å². The van der Waals surface area contributed by atoms with Gasteiger partial charge in [0.15, 0.2) is 0 Å². The normalized spacial score (nSPS) is 11.7. The van der Waals surface area contributed by atoms with E-state index in [4.69, 9.17) is 78.5 Å². The summed E-state index contributed by atoms with van der Waals surface area (Å²) in [6, 6.07) is 44.8. The highest BCUT2D eigenvalue weighted by Crippen LogP contribution is 2.39. The Labute approximate surface area is 362 Å². The van der Waals surface area contributed by atoms with Gasteiger partial charge in [-0.1, -0.05) is 142 Å². The van der Waals surface area contributed by atoms with E-state index < -0.39 is 0 Å². The Morgan fingerprint density at radius 2 is 0.550 bits per heavy atom. The summed E-state index contributed by atoms with van der Waals surface area (Å²) in [5.74, 6) is 0. The van der Waals surface area contributed by atoms with Crippen LogP contribution in [0, 0.1) is 0 Å². The minimum Gasteiger partial charge on any atom is -0.310 e. The Balaban J connectivity index is 1.33. The summed E-state index contributed by atoms with van der Waals surface area (Å²) in [6.45, 7) is 0. The average Bonchev–Trinajstić information content (AvgIpc) is 3.84. The number of aromatic nitrogens is 2. The third-order valence-electron chi connectivity index (χ3n) is 11.8. The zero-order valence-electron chi connectivity index (χ0n) is 32.4. The number of hydrogen-bond donors (Lipinski definition) is 0. The van der Waals surface area contributed by atoms with Gasteiger partial charge in [0.25, 0.3) is 0 Å². The second kappa shape index (κ2) is 14.3. The Hall–Kier alpha value is -5.99. The third kappa shape index (κ3) is 5.56. The fourth-order valence-electron chi connectivity index (χ4n) is 8.80. The van der Waals surface area contributed by atoms with E-state index in [-0.39, 0.29) is 54.6 Å². The second-order valence-corrected chi connectivity index (χ2v) is 15.1. The molecule has 0 aliphatic carbocycles. The summed E-state index contributed by atoms with van der Waals surface area (Å²) in [6.07, 6.45) is 0. The fourth-order valence-corrected chi connectivity index (χ4v) is 8.80. The maximum atomic E-state index is 7.27. The van der Waals surface area contributed by atoms with Gasteiger partial charge in [0.05, 0.1) is 0 Å². The Bertz CT molecular complexity index is 3390. The Morgan fingerprint density at radius 3 is 1.00 bits per heavy atom. The van der Waals surface area contributed by atoms with Gasteiger partial charge in [-0.3, -0.25) is 0 Å². The zero-order chi connectivity index (χ0) is 41.7. The minimum absolute atomic E-state index is 0.131. The Morgan fingerprint density at radius 1 is 0.233 bits per heavy atom. The highest BCUT2D eigenvalue weighted by Gasteiger charge is 2.28. The lowest BCUT2D eigenvalue weighted by atomic mass is 9.64. The van der Waals surface area contributed by atoms with Gasteiger partial charge < -0.3 is 9.13 Å². The van der Waals surface area contributed by atoms with Crippen LogP contribution in [0.3, 0.4) is 0 Å². The molecule has 0 N–H and O–H groups in total. The van der Waals surface area contributed by atoms with Crippen LogP contribution in [0.25, 0.3) is 88.4 Å². The molecule has 0 unspecified atom stereocenters. The monoisotopic (exact) mass is 736 g/mol. The Kier molecular flexibility index (Phi) is 9.13. The van der Waals surface area contributed by atoms with Crippen molar-refractivity contribution in [1.82, 2.24) is 9.13 Å². The van der Waals surface area contributed by atoms with Gasteiger partial charge in [-0.05, 0) is 57.6 Å². The van der Waals surface area contributed by atoms with E-state index in [1.54, 1.807) is 0 Å².